The Labute approximate surface area is 110 Å². The third-order valence-electron chi connectivity index (χ3n) is 1.76. The molecule has 0 radical (unpaired) electrons. The minimum atomic E-state index is -2.10. The van der Waals surface area contributed by atoms with Crippen LogP contribution in [0, 0.1) is 5.92 Å². The Morgan fingerprint density at radius 3 is 2.14 bits per heavy atom. The van der Waals surface area contributed by atoms with Crippen LogP contribution < -0.4 is 29.6 Å². The summed E-state index contributed by atoms with van der Waals surface area (Å²) in [5, 5.41) is 0. The number of rotatable bonds is 3. The molecule has 14 heavy (non-hydrogen) atoms. The summed E-state index contributed by atoms with van der Waals surface area (Å²) in [5.74, 6) is 0.601. The van der Waals surface area contributed by atoms with Crippen LogP contribution in [0.15, 0.2) is 29.2 Å². The standard InChI is InChI=1S/C10H14O2S.Na/c1-8(2)7-9-3-5-10(6-4-9)13(11)12;/h3-6,8H,7H2,1-2H3,(H,11,12);/q;+1/p-1. The average molecular weight is 220 g/mol. The molecule has 2 nitrogen and oxygen atoms in total. The third-order valence-corrected chi connectivity index (χ3v) is 2.42. The fourth-order valence-electron chi connectivity index (χ4n) is 1.21. The molecule has 0 N–H and O–H groups in total. The van der Waals surface area contributed by atoms with Gasteiger partial charge in [-0.2, -0.15) is 0 Å². The summed E-state index contributed by atoms with van der Waals surface area (Å²) in [6.07, 6.45) is 0.992. The van der Waals surface area contributed by atoms with Gasteiger partial charge in [0.15, 0.2) is 0 Å². The molecule has 72 valence electrons. The van der Waals surface area contributed by atoms with Crippen LogP contribution in [0.25, 0.3) is 0 Å². The van der Waals surface area contributed by atoms with Crippen LogP contribution in [0.3, 0.4) is 0 Å². The molecule has 0 aromatic heterocycles. The quantitative estimate of drug-likeness (QED) is 0.490. The monoisotopic (exact) mass is 220 g/mol. The maximum atomic E-state index is 10.5. The van der Waals surface area contributed by atoms with Gasteiger partial charge in [-0.25, -0.2) is 0 Å². The molecular formula is C10H13NaO2S. The molecule has 1 aromatic carbocycles. The molecule has 0 heterocycles. The summed E-state index contributed by atoms with van der Waals surface area (Å²) in [7, 11) is 0. The van der Waals surface area contributed by atoms with E-state index in [1.807, 2.05) is 12.1 Å². The molecule has 1 unspecified atom stereocenters. The van der Waals surface area contributed by atoms with Gasteiger partial charge in [0, 0.05) is 4.90 Å². The minimum Gasteiger partial charge on any atom is -0.768 e. The van der Waals surface area contributed by atoms with Gasteiger partial charge in [-0.1, -0.05) is 26.0 Å². The van der Waals surface area contributed by atoms with Gasteiger partial charge in [-0.05, 0) is 41.1 Å². The van der Waals surface area contributed by atoms with E-state index in [1.165, 1.54) is 5.56 Å². The van der Waals surface area contributed by atoms with Crippen LogP contribution in [0.2, 0.25) is 0 Å². The molecule has 1 aromatic rings. The molecule has 1 rings (SSSR count). The molecule has 0 fully saturated rings. The Morgan fingerprint density at radius 2 is 1.79 bits per heavy atom. The van der Waals surface area contributed by atoms with Crippen molar-refractivity contribution < 1.29 is 38.3 Å². The molecule has 0 amide bonds. The van der Waals surface area contributed by atoms with Crippen molar-refractivity contribution >= 4 is 11.1 Å². The summed E-state index contributed by atoms with van der Waals surface area (Å²) in [5.41, 5.74) is 1.18. The van der Waals surface area contributed by atoms with Crippen LogP contribution in [0.4, 0.5) is 0 Å². The van der Waals surface area contributed by atoms with Crippen molar-refractivity contribution in [1.29, 1.82) is 0 Å². The average Bonchev–Trinajstić information content (AvgIpc) is 2.04. The van der Waals surface area contributed by atoms with Gasteiger partial charge < -0.3 is 4.55 Å². The Hall–Kier alpha value is 0.330. The van der Waals surface area contributed by atoms with E-state index in [0.717, 1.165) is 6.42 Å². The molecule has 0 aliphatic carbocycles. The number of benzene rings is 1. The van der Waals surface area contributed by atoms with Crippen molar-refractivity contribution in [3.8, 4) is 0 Å². The molecule has 1 atom stereocenters. The fourth-order valence-corrected chi connectivity index (χ4v) is 1.57. The minimum absolute atomic E-state index is 0. The Kier molecular flexibility index (Phi) is 6.91. The SMILES string of the molecule is CC(C)Cc1ccc(S(=O)[O-])cc1.[Na+]. The van der Waals surface area contributed by atoms with Crippen molar-refractivity contribution in [1.82, 2.24) is 0 Å². The molecule has 0 saturated heterocycles. The van der Waals surface area contributed by atoms with E-state index in [1.54, 1.807) is 12.1 Å². The second-order valence-corrected chi connectivity index (χ2v) is 4.42. The van der Waals surface area contributed by atoms with Gasteiger partial charge in [-0.15, -0.1) is 0 Å². The molecule has 0 bridgehead atoms. The molecule has 0 aliphatic rings. The maximum absolute atomic E-state index is 10.5. The van der Waals surface area contributed by atoms with E-state index < -0.39 is 11.1 Å². The van der Waals surface area contributed by atoms with Crippen LogP contribution in [0.5, 0.6) is 0 Å². The van der Waals surface area contributed by atoms with Crippen molar-refractivity contribution in [3.63, 3.8) is 0 Å². The normalized spacial score (nSPS) is 12.3. The summed E-state index contributed by atoms with van der Waals surface area (Å²) in [6.45, 7) is 4.28. The summed E-state index contributed by atoms with van der Waals surface area (Å²) < 4.78 is 21.1. The van der Waals surface area contributed by atoms with Gasteiger partial charge in [-0.3, -0.25) is 4.21 Å². The zero-order valence-electron chi connectivity index (χ0n) is 8.82. The summed E-state index contributed by atoms with van der Waals surface area (Å²) >= 11 is -2.10. The molecular weight excluding hydrogens is 207 g/mol. The van der Waals surface area contributed by atoms with Crippen molar-refractivity contribution in [2.75, 3.05) is 0 Å². The summed E-state index contributed by atoms with van der Waals surface area (Å²) in [4.78, 5) is 0.354. The maximum Gasteiger partial charge on any atom is 1.00 e. The van der Waals surface area contributed by atoms with E-state index >= 15 is 0 Å². The summed E-state index contributed by atoms with van der Waals surface area (Å²) in [6, 6.07) is 7.01. The molecule has 4 heteroatoms. The first-order valence-electron chi connectivity index (χ1n) is 4.28. The van der Waals surface area contributed by atoms with E-state index in [0.29, 0.717) is 10.8 Å². The van der Waals surface area contributed by atoms with Crippen LogP contribution >= 0.6 is 0 Å². The van der Waals surface area contributed by atoms with Crippen LogP contribution in [-0.2, 0) is 17.5 Å². The van der Waals surface area contributed by atoms with Gasteiger partial charge in [0.2, 0.25) is 0 Å². The predicted octanol–water partition coefficient (Wildman–Crippen LogP) is -0.873. The van der Waals surface area contributed by atoms with E-state index in [9.17, 15) is 8.76 Å². The van der Waals surface area contributed by atoms with Crippen molar-refractivity contribution in [2.45, 2.75) is 25.2 Å². The van der Waals surface area contributed by atoms with Gasteiger partial charge in [0.05, 0.1) is 0 Å². The first kappa shape index (κ1) is 14.3. The molecule has 0 saturated carbocycles. The molecule has 0 spiro atoms. The third kappa shape index (κ3) is 4.71. The van der Waals surface area contributed by atoms with E-state index in [2.05, 4.69) is 13.8 Å². The van der Waals surface area contributed by atoms with Crippen molar-refractivity contribution in [2.24, 2.45) is 5.92 Å². The topological polar surface area (TPSA) is 40.1 Å². The Balaban J connectivity index is 0.00000169. The second-order valence-electron chi connectivity index (χ2n) is 3.48. The zero-order chi connectivity index (χ0) is 9.84. The van der Waals surface area contributed by atoms with Gasteiger partial charge in [0.25, 0.3) is 0 Å². The van der Waals surface area contributed by atoms with Crippen LogP contribution in [-0.4, -0.2) is 8.76 Å². The molecule has 0 aliphatic heterocycles. The number of hydrogen-bond acceptors (Lipinski definition) is 2. The predicted molar refractivity (Wildman–Crippen MR) is 52.2 cm³/mol. The second kappa shape index (κ2) is 6.75. The van der Waals surface area contributed by atoms with E-state index in [-0.39, 0.29) is 29.6 Å². The Morgan fingerprint density at radius 1 is 1.29 bits per heavy atom. The van der Waals surface area contributed by atoms with Crippen LogP contribution in [0.1, 0.15) is 19.4 Å². The largest absolute Gasteiger partial charge is 1.00 e. The first-order valence-corrected chi connectivity index (χ1v) is 5.35. The van der Waals surface area contributed by atoms with E-state index in [4.69, 9.17) is 0 Å². The van der Waals surface area contributed by atoms with Gasteiger partial charge >= 0.3 is 29.6 Å². The smallest absolute Gasteiger partial charge is 0.768 e. The fraction of sp³-hybridized carbons (Fsp3) is 0.400. The van der Waals surface area contributed by atoms with Gasteiger partial charge in [0.1, 0.15) is 0 Å². The van der Waals surface area contributed by atoms with Crippen molar-refractivity contribution in [3.05, 3.63) is 29.8 Å². The zero-order valence-corrected chi connectivity index (χ0v) is 11.6. The first-order chi connectivity index (χ1) is 6.09. The Bertz CT molecular complexity index is 295. The number of hydrogen-bond donors (Lipinski definition) is 0.